The Bertz CT molecular complexity index is 627. The number of ether oxygens (including phenoxy) is 1. The third kappa shape index (κ3) is 16.7. The quantitative estimate of drug-likeness (QED) is 0.123. The third-order valence-electron chi connectivity index (χ3n) is 7.45. The minimum atomic E-state index is -0.0516. The average molecular weight is 489 g/mol. The summed E-state index contributed by atoms with van der Waals surface area (Å²) in [7, 11) is 0. The third-order valence-corrected chi connectivity index (χ3v) is 7.45. The van der Waals surface area contributed by atoms with E-state index in [0.717, 1.165) is 32.1 Å². The SMILES string of the molecule is CCCCCCCCCCCCCC(CCCC(=O)OCC(CC)CCCC)c1cccc(O)c1. The van der Waals surface area contributed by atoms with Crippen molar-refractivity contribution in [2.75, 3.05) is 6.61 Å². The molecule has 2 unspecified atom stereocenters. The minimum absolute atomic E-state index is 0.0516. The summed E-state index contributed by atoms with van der Waals surface area (Å²) in [5.74, 6) is 1.19. The van der Waals surface area contributed by atoms with Crippen LogP contribution in [0.1, 0.15) is 154 Å². The Morgan fingerprint density at radius 1 is 0.771 bits per heavy atom. The number of hydrogen-bond donors (Lipinski definition) is 1. The van der Waals surface area contributed by atoms with Gasteiger partial charge in [-0.15, -0.1) is 0 Å². The van der Waals surface area contributed by atoms with Crippen LogP contribution in [0, 0.1) is 5.92 Å². The first-order chi connectivity index (χ1) is 17.1. The average Bonchev–Trinajstić information content (AvgIpc) is 2.86. The molecule has 0 aliphatic heterocycles. The molecule has 1 aromatic carbocycles. The van der Waals surface area contributed by atoms with Crippen LogP contribution in [0.2, 0.25) is 0 Å². The van der Waals surface area contributed by atoms with Crippen molar-refractivity contribution in [2.24, 2.45) is 5.92 Å². The van der Waals surface area contributed by atoms with Gasteiger partial charge in [-0.3, -0.25) is 4.79 Å². The number of carbonyl (C=O) groups excluding carboxylic acids is 1. The Kier molecular flexibility index (Phi) is 19.6. The van der Waals surface area contributed by atoms with E-state index in [1.165, 1.54) is 89.0 Å². The highest BCUT2D eigenvalue weighted by molar-refractivity contribution is 5.69. The Hall–Kier alpha value is -1.51. The second-order valence-corrected chi connectivity index (χ2v) is 10.6. The lowest BCUT2D eigenvalue weighted by Gasteiger charge is -2.18. The molecule has 35 heavy (non-hydrogen) atoms. The minimum Gasteiger partial charge on any atom is -0.508 e. The van der Waals surface area contributed by atoms with Gasteiger partial charge in [-0.1, -0.05) is 123 Å². The highest BCUT2D eigenvalue weighted by Crippen LogP contribution is 2.30. The van der Waals surface area contributed by atoms with Gasteiger partial charge in [0.05, 0.1) is 6.61 Å². The molecule has 0 radical (unpaired) electrons. The molecule has 0 aliphatic rings. The Morgan fingerprint density at radius 2 is 1.37 bits per heavy atom. The van der Waals surface area contributed by atoms with Gasteiger partial charge in [-0.05, 0) is 55.2 Å². The van der Waals surface area contributed by atoms with Crippen molar-refractivity contribution in [3.05, 3.63) is 29.8 Å². The molecule has 0 fully saturated rings. The molecule has 0 spiro atoms. The van der Waals surface area contributed by atoms with Gasteiger partial charge >= 0.3 is 5.97 Å². The first-order valence-corrected chi connectivity index (χ1v) is 15.0. The second-order valence-electron chi connectivity index (χ2n) is 10.6. The van der Waals surface area contributed by atoms with Crippen LogP contribution in [0.15, 0.2) is 24.3 Å². The van der Waals surface area contributed by atoms with Crippen molar-refractivity contribution in [3.63, 3.8) is 0 Å². The van der Waals surface area contributed by atoms with Crippen molar-refractivity contribution in [1.82, 2.24) is 0 Å². The molecule has 1 aromatic rings. The van der Waals surface area contributed by atoms with Crippen LogP contribution < -0.4 is 0 Å². The molecule has 0 bridgehead atoms. The van der Waals surface area contributed by atoms with Gasteiger partial charge in [0.1, 0.15) is 5.75 Å². The number of benzene rings is 1. The molecule has 0 saturated heterocycles. The molecular weight excluding hydrogens is 432 g/mol. The lowest BCUT2D eigenvalue weighted by molar-refractivity contribution is -0.145. The molecule has 1 rings (SSSR count). The Morgan fingerprint density at radius 3 is 1.97 bits per heavy atom. The molecule has 0 aromatic heterocycles. The van der Waals surface area contributed by atoms with Gasteiger partial charge in [0.25, 0.3) is 0 Å². The van der Waals surface area contributed by atoms with Crippen molar-refractivity contribution in [3.8, 4) is 5.75 Å². The highest BCUT2D eigenvalue weighted by atomic mass is 16.5. The first kappa shape index (κ1) is 31.5. The Balaban J connectivity index is 2.31. The fourth-order valence-electron chi connectivity index (χ4n) is 4.99. The molecule has 0 saturated carbocycles. The molecule has 3 heteroatoms. The number of carbonyl (C=O) groups is 1. The van der Waals surface area contributed by atoms with Gasteiger partial charge in [0.2, 0.25) is 0 Å². The highest BCUT2D eigenvalue weighted by Gasteiger charge is 2.15. The molecule has 3 nitrogen and oxygen atoms in total. The van der Waals surface area contributed by atoms with Gasteiger partial charge in [-0.25, -0.2) is 0 Å². The van der Waals surface area contributed by atoms with Gasteiger partial charge in [-0.2, -0.15) is 0 Å². The lowest BCUT2D eigenvalue weighted by atomic mass is 9.88. The summed E-state index contributed by atoms with van der Waals surface area (Å²) < 4.78 is 5.59. The van der Waals surface area contributed by atoms with Crippen molar-refractivity contribution < 1.29 is 14.6 Å². The first-order valence-electron chi connectivity index (χ1n) is 15.0. The summed E-state index contributed by atoms with van der Waals surface area (Å²) >= 11 is 0. The fourth-order valence-corrected chi connectivity index (χ4v) is 4.99. The van der Waals surface area contributed by atoms with Crippen LogP contribution in [0.4, 0.5) is 0 Å². The zero-order valence-corrected chi connectivity index (χ0v) is 23.4. The lowest BCUT2D eigenvalue weighted by Crippen LogP contribution is -2.14. The maximum Gasteiger partial charge on any atom is 0.305 e. The topological polar surface area (TPSA) is 46.5 Å². The number of rotatable bonds is 23. The van der Waals surface area contributed by atoms with E-state index in [-0.39, 0.29) is 5.97 Å². The van der Waals surface area contributed by atoms with Crippen LogP contribution in [-0.2, 0) is 9.53 Å². The largest absolute Gasteiger partial charge is 0.508 e. The molecule has 2 atom stereocenters. The van der Waals surface area contributed by atoms with Gasteiger partial charge < -0.3 is 9.84 Å². The van der Waals surface area contributed by atoms with Crippen LogP contribution in [0.3, 0.4) is 0 Å². The molecule has 202 valence electrons. The number of esters is 1. The maximum atomic E-state index is 12.3. The van der Waals surface area contributed by atoms with Gasteiger partial charge in [0.15, 0.2) is 0 Å². The summed E-state index contributed by atoms with van der Waals surface area (Å²) in [5.41, 5.74) is 1.20. The van der Waals surface area contributed by atoms with E-state index < -0.39 is 0 Å². The van der Waals surface area contributed by atoms with E-state index in [4.69, 9.17) is 4.74 Å². The van der Waals surface area contributed by atoms with E-state index in [1.807, 2.05) is 12.1 Å². The predicted molar refractivity (Wildman–Crippen MR) is 150 cm³/mol. The molecule has 1 N–H and O–H groups in total. The summed E-state index contributed by atoms with van der Waals surface area (Å²) in [5, 5.41) is 9.97. The number of phenolic OH excluding ortho intramolecular Hbond substituents is 1. The number of unbranched alkanes of at least 4 members (excludes halogenated alkanes) is 11. The molecular formula is C32H56O3. The van der Waals surface area contributed by atoms with Crippen molar-refractivity contribution in [1.29, 1.82) is 0 Å². The fraction of sp³-hybridized carbons (Fsp3) is 0.781. The zero-order chi connectivity index (χ0) is 25.6. The normalized spacial score (nSPS) is 13.0. The summed E-state index contributed by atoms with van der Waals surface area (Å²) in [6.45, 7) is 7.24. The summed E-state index contributed by atoms with van der Waals surface area (Å²) in [6.07, 6.45) is 23.0. The van der Waals surface area contributed by atoms with E-state index in [0.29, 0.717) is 30.6 Å². The van der Waals surface area contributed by atoms with E-state index in [2.05, 4.69) is 26.8 Å². The zero-order valence-electron chi connectivity index (χ0n) is 23.4. The predicted octanol–water partition coefficient (Wildman–Crippen LogP) is 10.1. The van der Waals surface area contributed by atoms with Crippen molar-refractivity contribution >= 4 is 5.97 Å². The van der Waals surface area contributed by atoms with Crippen LogP contribution in [-0.4, -0.2) is 17.7 Å². The summed E-state index contributed by atoms with van der Waals surface area (Å²) in [4.78, 5) is 12.3. The van der Waals surface area contributed by atoms with Crippen molar-refractivity contribution in [2.45, 2.75) is 149 Å². The molecule has 0 heterocycles. The van der Waals surface area contributed by atoms with Crippen LogP contribution in [0.25, 0.3) is 0 Å². The van der Waals surface area contributed by atoms with Crippen LogP contribution in [0.5, 0.6) is 5.75 Å². The smallest absolute Gasteiger partial charge is 0.305 e. The standard InChI is InChI=1S/C32H56O3/c1-4-7-9-10-11-12-13-14-15-16-17-21-29(30-23-18-24-31(33)26-30)22-19-25-32(34)35-27-28(6-3)20-8-5-2/h18,23-24,26,28-29,33H,4-17,19-22,25,27H2,1-3H3. The Labute approximate surface area is 217 Å². The summed E-state index contributed by atoms with van der Waals surface area (Å²) in [6, 6.07) is 7.71. The van der Waals surface area contributed by atoms with Crippen LogP contribution >= 0.6 is 0 Å². The van der Waals surface area contributed by atoms with E-state index in [9.17, 15) is 9.90 Å². The molecule has 0 aliphatic carbocycles. The number of phenols is 1. The van der Waals surface area contributed by atoms with E-state index >= 15 is 0 Å². The van der Waals surface area contributed by atoms with Gasteiger partial charge in [0, 0.05) is 6.42 Å². The number of aromatic hydroxyl groups is 1. The number of hydrogen-bond acceptors (Lipinski definition) is 3. The maximum absolute atomic E-state index is 12.3. The van der Waals surface area contributed by atoms with E-state index in [1.54, 1.807) is 6.07 Å². The monoisotopic (exact) mass is 488 g/mol. The second kappa shape index (κ2) is 21.7. The molecule has 0 amide bonds.